The van der Waals surface area contributed by atoms with Crippen LogP contribution >= 0.6 is 23.4 Å². The van der Waals surface area contributed by atoms with Crippen molar-refractivity contribution in [1.29, 1.82) is 0 Å². The van der Waals surface area contributed by atoms with Crippen LogP contribution in [0.15, 0.2) is 106 Å². The lowest BCUT2D eigenvalue weighted by molar-refractivity contribution is -0.581. The van der Waals surface area contributed by atoms with Gasteiger partial charge in [0.05, 0.1) is 43.3 Å². The Kier molecular flexibility index (Phi) is 8.30. The Morgan fingerprint density at radius 1 is 0.831 bits per heavy atom. The largest absolute Gasteiger partial charge is 0.871 e. The van der Waals surface area contributed by atoms with Crippen LogP contribution in [0.4, 0.5) is 17.1 Å². The van der Waals surface area contributed by atoms with Crippen LogP contribution in [0, 0.1) is 5.92 Å². The number of carbonyl (C=O) groups excluding carboxylic acids is 2. The number of fused-ring (bicyclic) bond motifs is 1. The molecular formula is C48H42ClN5O4S. The molecule has 5 aliphatic rings. The van der Waals surface area contributed by atoms with Crippen molar-refractivity contribution < 1.29 is 29.8 Å². The number of hydrogen-bond acceptors (Lipinski definition) is 8. The zero-order valence-electron chi connectivity index (χ0n) is 33.6. The van der Waals surface area contributed by atoms with E-state index in [1.54, 1.807) is 6.08 Å². The van der Waals surface area contributed by atoms with Gasteiger partial charge in [-0.3, -0.25) is 9.59 Å². The molecule has 2 atom stereocenters. The number of benzene rings is 5. The maximum Gasteiger partial charge on any atom is 0.231 e. The van der Waals surface area contributed by atoms with Crippen molar-refractivity contribution in [3.63, 3.8) is 0 Å². The van der Waals surface area contributed by atoms with Crippen LogP contribution < -0.4 is 56.9 Å². The van der Waals surface area contributed by atoms with Crippen molar-refractivity contribution in [2.75, 3.05) is 22.6 Å². The normalized spacial score (nSPS) is 24.3. The Morgan fingerprint density at radius 3 is 2.20 bits per heavy atom. The third kappa shape index (κ3) is 5.59. The number of nitrogens with one attached hydrogen (secondary N) is 4. The standard InChI is InChI=1S/C48H42ClN5O4S/c1-7-19-47(4)50-31-10-8-9-24-11-15-28(40(51-47)35(24)31)38-45(57)39(46(38)58)29-17-13-25-12-16-27(41-36(25)42(29)53-48(5,52-41)22-23(2)3)37-43(55)30(44(37)56)21-34-54(6)32-20-26(49)14-18-33(32)59-34/h8-18,20-21,23,50,53,55,57H,7,19,22H2,1-6H3/b34-21-,37-27-,38-28-. The molecule has 9 nitrogen and oxygen atoms in total. The lowest BCUT2D eigenvalue weighted by Crippen LogP contribution is -2.95. The van der Waals surface area contributed by atoms with Crippen molar-refractivity contribution in [2.24, 2.45) is 5.92 Å². The Labute approximate surface area is 349 Å². The topological polar surface area (TPSA) is 136 Å². The Hall–Kier alpha value is -5.84. The molecule has 0 saturated carbocycles. The minimum atomic E-state index is -0.746. The number of thioether (sulfide) groups is 1. The molecule has 2 unspecified atom stereocenters. The maximum absolute atomic E-state index is 14.5. The molecule has 3 heterocycles. The highest BCUT2D eigenvalue weighted by molar-refractivity contribution is 8.03. The summed E-state index contributed by atoms with van der Waals surface area (Å²) in [5, 5.41) is 43.3. The second-order valence-electron chi connectivity index (χ2n) is 17.1. The minimum Gasteiger partial charge on any atom is -0.871 e. The van der Waals surface area contributed by atoms with Gasteiger partial charge in [0.25, 0.3) is 0 Å². The van der Waals surface area contributed by atoms with Crippen molar-refractivity contribution in [3.05, 3.63) is 133 Å². The van der Waals surface area contributed by atoms with Gasteiger partial charge >= 0.3 is 0 Å². The monoisotopic (exact) mass is 819 g/mol. The van der Waals surface area contributed by atoms with Crippen molar-refractivity contribution >= 4 is 90.3 Å². The lowest BCUT2D eigenvalue weighted by atomic mass is 9.79. The predicted molar refractivity (Wildman–Crippen MR) is 230 cm³/mol. The van der Waals surface area contributed by atoms with Gasteiger partial charge in [-0.25, -0.2) is 9.98 Å². The average Bonchev–Trinajstić information content (AvgIpc) is 3.49. The van der Waals surface area contributed by atoms with Crippen LogP contribution in [0.2, 0.25) is 5.02 Å². The number of anilines is 3. The Balaban J connectivity index is 1.17. The van der Waals surface area contributed by atoms with E-state index in [1.807, 2.05) is 91.7 Å². The molecule has 0 amide bonds. The summed E-state index contributed by atoms with van der Waals surface area (Å²) >= 11 is 7.75. The second kappa shape index (κ2) is 13.1. The first-order valence-corrected chi connectivity index (χ1v) is 21.3. The van der Waals surface area contributed by atoms with Gasteiger partial charge < -0.3 is 25.7 Å². The highest BCUT2D eigenvalue weighted by Gasteiger charge is 2.41. The van der Waals surface area contributed by atoms with E-state index in [1.165, 1.54) is 11.8 Å². The average molecular weight is 820 g/mol. The molecule has 5 aromatic carbocycles. The Morgan fingerprint density at radius 2 is 1.51 bits per heavy atom. The number of carbonyl (C=O) groups is 2. The summed E-state index contributed by atoms with van der Waals surface area (Å²) in [5.41, 5.74) is 2.31. The molecule has 10 rings (SSSR count). The predicted octanol–water partition coefficient (Wildman–Crippen LogP) is 2.11. The molecule has 2 aliphatic carbocycles. The number of halogens is 1. The summed E-state index contributed by atoms with van der Waals surface area (Å²) < 4.78 is 0. The number of ketones is 2. The number of hydrogen-bond donors (Lipinski definition) is 4. The fourth-order valence-electron chi connectivity index (χ4n) is 9.71. The van der Waals surface area contributed by atoms with Gasteiger partial charge in [0.2, 0.25) is 22.0 Å². The van der Waals surface area contributed by atoms with E-state index in [4.69, 9.17) is 11.6 Å². The molecule has 4 N–H and O–H groups in total. The highest BCUT2D eigenvalue weighted by Crippen LogP contribution is 2.47. The van der Waals surface area contributed by atoms with E-state index < -0.39 is 11.3 Å². The van der Waals surface area contributed by atoms with Gasteiger partial charge in [0.15, 0.2) is 11.6 Å². The summed E-state index contributed by atoms with van der Waals surface area (Å²) in [7, 11) is 1.89. The molecule has 0 spiro atoms. The fraction of sp³-hybridized carbons (Fsp3) is 0.250. The Bertz CT molecular complexity index is 3190. The molecule has 0 bridgehead atoms. The van der Waals surface area contributed by atoms with E-state index in [0.29, 0.717) is 38.5 Å². The second-order valence-corrected chi connectivity index (χ2v) is 18.6. The number of Topliss-reactive ketones (excluding diaryl/α,β-unsaturated/α-hetero) is 2. The van der Waals surface area contributed by atoms with Crippen LogP contribution in [0.5, 0.6) is 0 Å². The zero-order valence-corrected chi connectivity index (χ0v) is 35.1. The highest BCUT2D eigenvalue weighted by atomic mass is 35.5. The van der Waals surface area contributed by atoms with E-state index in [9.17, 15) is 19.8 Å². The van der Waals surface area contributed by atoms with Crippen LogP contribution in [0.25, 0.3) is 38.3 Å². The summed E-state index contributed by atoms with van der Waals surface area (Å²) in [6.07, 6.45) is 4.10. The maximum atomic E-state index is 14.5. The smallest absolute Gasteiger partial charge is 0.231 e. The molecule has 296 valence electrons. The van der Waals surface area contributed by atoms with Crippen LogP contribution in [0.1, 0.15) is 59.4 Å². The number of allylic oxidation sites excluding steroid dienone is 5. The van der Waals surface area contributed by atoms with E-state index in [-0.39, 0.29) is 51.3 Å². The van der Waals surface area contributed by atoms with Gasteiger partial charge in [-0.05, 0) is 65.6 Å². The van der Waals surface area contributed by atoms with E-state index in [2.05, 4.69) is 48.3 Å². The molecule has 0 saturated heterocycles. The van der Waals surface area contributed by atoms with Crippen molar-refractivity contribution in [2.45, 2.75) is 70.1 Å². The van der Waals surface area contributed by atoms with Crippen molar-refractivity contribution in [1.82, 2.24) is 0 Å². The summed E-state index contributed by atoms with van der Waals surface area (Å²) in [5.74, 6) is -1.04. The molecule has 3 aliphatic heterocycles. The minimum absolute atomic E-state index is 0.110. The fourth-order valence-corrected chi connectivity index (χ4v) is 10.9. The first-order chi connectivity index (χ1) is 28.2. The van der Waals surface area contributed by atoms with Crippen LogP contribution in [0.3, 0.4) is 0 Å². The lowest BCUT2D eigenvalue weighted by Gasteiger charge is -2.35. The van der Waals surface area contributed by atoms with Gasteiger partial charge in [0, 0.05) is 71.5 Å². The SMILES string of the molecule is CCCC1(C)Nc2cccc3cc/c(=C4/C(=O)C(c5ccc6cc/c(=C7/C(=O)C(/C=C8\Sc9ccc(Cl)cc9N8C)=C7[O-])c7c6c5NC(C)(CC(C)C)[NH+]=7)=C4[O-])c(c23)=[NH+]1. The molecule has 59 heavy (non-hydrogen) atoms. The quantitative estimate of drug-likeness (QED) is 0.205. The molecule has 5 aromatic rings. The van der Waals surface area contributed by atoms with Gasteiger partial charge in [-0.15, -0.1) is 0 Å². The van der Waals surface area contributed by atoms with Crippen LogP contribution in [-0.2, 0) is 9.59 Å². The summed E-state index contributed by atoms with van der Waals surface area (Å²) in [6, 6.07) is 23.0. The first kappa shape index (κ1) is 37.4. The first-order valence-electron chi connectivity index (χ1n) is 20.1. The summed E-state index contributed by atoms with van der Waals surface area (Å²) in [6.45, 7) is 10.5. The third-order valence-electron chi connectivity index (χ3n) is 12.2. The zero-order chi connectivity index (χ0) is 41.3. The summed E-state index contributed by atoms with van der Waals surface area (Å²) in [4.78, 5) is 38.8. The van der Waals surface area contributed by atoms with Gasteiger partial charge in [-0.2, -0.15) is 0 Å². The number of rotatable bonds is 6. The third-order valence-corrected chi connectivity index (χ3v) is 13.6. The molecular weight excluding hydrogens is 778 g/mol. The molecule has 11 heteroatoms. The van der Waals surface area contributed by atoms with Crippen LogP contribution in [-0.4, -0.2) is 29.9 Å². The van der Waals surface area contributed by atoms with Gasteiger partial charge in [0.1, 0.15) is 0 Å². The molecule has 0 fully saturated rings. The van der Waals surface area contributed by atoms with E-state index in [0.717, 1.165) is 61.0 Å². The van der Waals surface area contributed by atoms with Crippen molar-refractivity contribution in [3.8, 4) is 0 Å². The molecule has 0 aromatic heterocycles. The van der Waals surface area contributed by atoms with E-state index >= 15 is 0 Å². The molecule has 0 radical (unpaired) electrons. The number of nitrogens with zero attached hydrogens (tertiary/aromatic N) is 1. The van der Waals surface area contributed by atoms with Gasteiger partial charge in [-0.1, -0.05) is 92.1 Å².